The quantitative estimate of drug-likeness (QED) is 0.882. The first-order chi connectivity index (χ1) is 8.78. The number of aromatic nitrogens is 1. The van der Waals surface area contributed by atoms with Crippen molar-refractivity contribution in [3.63, 3.8) is 0 Å². The molecule has 2 heterocycles. The standard InChI is InChI=1S/C14H22N2O2/c1-3-11-4-5-12(8-15-11)16-9-14(18-2)7-6-13(16)10-17/h4-5,8,13-14,17H,3,6-7,9-10H2,1-2H3/t13-,14+/m1/s1. The molecule has 0 aliphatic carbocycles. The summed E-state index contributed by atoms with van der Waals surface area (Å²) in [5.74, 6) is 0. The Bertz CT molecular complexity index is 367. The number of anilines is 1. The minimum Gasteiger partial charge on any atom is -0.394 e. The molecule has 4 heteroatoms. The molecule has 0 amide bonds. The molecule has 100 valence electrons. The van der Waals surface area contributed by atoms with Crippen molar-refractivity contribution >= 4 is 5.69 Å². The van der Waals surface area contributed by atoms with Crippen molar-refractivity contribution in [2.75, 3.05) is 25.2 Å². The van der Waals surface area contributed by atoms with Gasteiger partial charge in [0.15, 0.2) is 0 Å². The number of piperidine rings is 1. The normalized spacial score (nSPS) is 24.3. The van der Waals surface area contributed by atoms with Gasteiger partial charge in [-0.2, -0.15) is 0 Å². The minimum atomic E-state index is 0.186. The molecule has 0 bridgehead atoms. The van der Waals surface area contributed by atoms with E-state index in [9.17, 15) is 5.11 Å². The molecule has 1 N–H and O–H groups in total. The highest BCUT2D eigenvalue weighted by molar-refractivity contribution is 5.46. The summed E-state index contributed by atoms with van der Waals surface area (Å²) in [6, 6.07) is 4.33. The average Bonchev–Trinajstić information content (AvgIpc) is 2.46. The molecule has 0 spiro atoms. The Morgan fingerprint density at radius 2 is 2.28 bits per heavy atom. The number of aliphatic hydroxyl groups is 1. The van der Waals surface area contributed by atoms with E-state index in [1.807, 2.05) is 6.20 Å². The van der Waals surface area contributed by atoms with Gasteiger partial charge in [-0.15, -0.1) is 0 Å². The maximum absolute atomic E-state index is 9.48. The number of nitrogens with zero attached hydrogens (tertiary/aromatic N) is 2. The Hall–Kier alpha value is -1.13. The number of aryl methyl sites for hydroxylation is 1. The van der Waals surface area contributed by atoms with Gasteiger partial charge in [-0.1, -0.05) is 6.92 Å². The fourth-order valence-electron chi connectivity index (χ4n) is 2.49. The summed E-state index contributed by atoms with van der Waals surface area (Å²) < 4.78 is 5.44. The summed E-state index contributed by atoms with van der Waals surface area (Å²) in [6.07, 6.45) is 5.08. The second-order valence-corrected chi connectivity index (χ2v) is 4.79. The van der Waals surface area contributed by atoms with Gasteiger partial charge in [0.25, 0.3) is 0 Å². The van der Waals surface area contributed by atoms with Gasteiger partial charge in [0, 0.05) is 19.3 Å². The van der Waals surface area contributed by atoms with E-state index < -0.39 is 0 Å². The van der Waals surface area contributed by atoms with Gasteiger partial charge in [-0.05, 0) is 31.4 Å². The van der Waals surface area contributed by atoms with E-state index in [1.54, 1.807) is 7.11 Å². The van der Waals surface area contributed by atoms with Crippen molar-refractivity contribution in [1.29, 1.82) is 0 Å². The van der Waals surface area contributed by atoms with Crippen LogP contribution in [-0.2, 0) is 11.2 Å². The number of aliphatic hydroxyl groups excluding tert-OH is 1. The Morgan fingerprint density at radius 3 is 2.83 bits per heavy atom. The van der Waals surface area contributed by atoms with Crippen molar-refractivity contribution in [3.8, 4) is 0 Å². The SMILES string of the molecule is CCc1ccc(N2C[C@@H](OC)CC[C@@H]2CO)cn1. The smallest absolute Gasteiger partial charge is 0.0747 e. The Labute approximate surface area is 109 Å². The van der Waals surface area contributed by atoms with Crippen LogP contribution < -0.4 is 4.90 Å². The van der Waals surface area contributed by atoms with E-state index in [0.29, 0.717) is 0 Å². The van der Waals surface area contributed by atoms with E-state index in [1.165, 1.54) is 0 Å². The first kappa shape index (κ1) is 13.3. The summed E-state index contributed by atoms with van der Waals surface area (Å²) in [4.78, 5) is 6.64. The number of methoxy groups -OCH3 is 1. The molecular weight excluding hydrogens is 228 g/mol. The molecule has 2 rings (SSSR count). The third-order valence-electron chi connectivity index (χ3n) is 3.71. The van der Waals surface area contributed by atoms with Gasteiger partial charge in [-0.3, -0.25) is 4.98 Å². The Balaban J connectivity index is 2.15. The highest BCUT2D eigenvalue weighted by Crippen LogP contribution is 2.25. The number of hydrogen-bond acceptors (Lipinski definition) is 4. The van der Waals surface area contributed by atoms with Crippen molar-refractivity contribution < 1.29 is 9.84 Å². The molecule has 0 radical (unpaired) electrons. The third kappa shape index (κ3) is 2.82. The lowest BCUT2D eigenvalue weighted by molar-refractivity contribution is 0.0744. The lowest BCUT2D eigenvalue weighted by atomic mass is 10.00. The van der Waals surface area contributed by atoms with Crippen molar-refractivity contribution in [2.24, 2.45) is 0 Å². The van der Waals surface area contributed by atoms with Crippen LogP contribution in [0.3, 0.4) is 0 Å². The maximum atomic E-state index is 9.48. The van der Waals surface area contributed by atoms with Crippen LogP contribution in [0.2, 0.25) is 0 Å². The van der Waals surface area contributed by atoms with Gasteiger partial charge in [0.2, 0.25) is 0 Å². The predicted molar refractivity (Wildman–Crippen MR) is 71.9 cm³/mol. The van der Waals surface area contributed by atoms with E-state index >= 15 is 0 Å². The molecule has 18 heavy (non-hydrogen) atoms. The predicted octanol–water partition coefficient (Wildman–Crippen LogP) is 1.62. The van der Waals surface area contributed by atoms with Crippen LogP contribution in [0.4, 0.5) is 5.69 Å². The van der Waals surface area contributed by atoms with Crippen molar-refractivity contribution in [3.05, 3.63) is 24.0 Å². The van der Waals surface area contributed by atoms with Crippen LogP contribution >= 0.6 is 0 Å². The van der Waals surface area contributed by atoms with Crippen molar-refractivity contribution in [2.45, 2.75) is 38.3 Å². The molecule has 4 nitrogen and oxygen atoms in total. The molecule has 2 atom stereocenters. The van der Waals surface area contributed by atoms with Crippen LogP contribution in [0, 0.1) is 0 Å². The van der Waals surface area contributed by atoms with Crippen LogP contribution in [0.25, 0.3) is 0 Å². The van der Waals surface area contributed by atoms with Crippen molar-refractivity contribution in [1.82, 2.24) is 4.98 Å². The summed E-state index contributed by atoms with van der Waals surface area (Å²) in [7, 11) is 1.75. The summed E-state index contributed by atoms with van der Waals surface area (Å²) in [5, 5.41) is 9.48. The first-order valence-electron chi connectivity index (χ1n) is 6.63. The monoisotopic (exact) mass is 250 g/mol. The minimum absolute atomic E-state index is 0.186. The molecule has 0 saturated carbocycles. The lowest BCUT2D eigenvalue weighted by Gasteiger charge is -2.39. The molecule has 1 aliphatic heterocycles. The van der Waals surface area contributed by atoms with E-state index in [4.69, 9.17) is 4.74 Å². The summed E-state index contributed by atoms with van der Waals surface area (Å²) in [6.45, 7) is 3.11. The van der Waals surface area contributed by atoms with Gasteiger partial charge >= 0.3 is 0 Å². The van der Waals surface area contributed by atoms with E-state index in [0.717, 1.165) is 37.2 Å². The maximum Gasteiger partial charge on any atom is 0.0747 e. The molecule has 0 unspecified atom stereocenters. The highest BCUT2D eigenvalue weighted by atomic mass is 16.5. The zero-order valence-corrected chi connectivity index (χ0v) is 11.2. The topological polar surface area (TPSA) is 45.6 Å². The number of pyridine rings is 1. The fourth-order valence-corrected chi connectivity index (χ4v) is 2.49. The van der Waals surface area contributed by atoms with E-state index in [-0.39, 0.29) is 18.8 Å². The lowest BCUT2D eigenvalue weighted by Crippen LogP contribution is -2.48. The third-order valence-corrected chi connectivity index (χ3v) is 3.71. The number of ether oxygens (including phenoxy) is 1. The van der Waals surface area contributed by atoms with Crippen LogP contribution in [-0.4, -0.2) is 42.5 Å². The molecule has 1 saturated heterocycles. The molecule has 1 fully saturated rings. The van der Waals surface area contributed by atoms with Crippen LogP contribution in [0.1, 0.15) is 25.5 Å². The first-order valence-corrected chi connectivity index (χ1v) is 6.63. The molecule has 0 aromatic carbocycles. The largest absolute Gasteiger partial charge is 0.394 e. The molecule has 1 aromatic rings. The van der Waals surface area contributed by atoms with Gasteiger partial charge in [0.1, 0.15) is 0 Å². The van der Waals surface area contributed by atoms with Gasteiger partial charge in [-0.25, -0.2) is 0 Å². The second kappa shape index (κ2) is 6.16. The van der Waals surface area contributed by atoms with Crippen LogP contribution in [0.5, 0.6) is 0 Å². The number of rotatable bonds is 4. The molecule has 1 aliphatic rings. The van der Waals surface area contributed by atoms with E-state index in [2.05, 4.69) is 28.9 Å². The van der Waals surface area contributed by atoms with Crippen LogP contribution in [0.15, 0.2) is 18.3 Å². The highest BCUT2D eigenvalue weighted by Gasteiger charge is 2.28. The molecular formula is C14H22N2O2. The van der Waals surface area contributed by atoms with Gasteiger partial charge in [0.05, 0.1) is 30.6 Å². The average molecular weight is 250 g/mol. The molecule has 1 aromatic heterocycles. The number of hydrogen-bond donors (Lipinski definition) is 1. The Morgan fingerprint density at radius 1 is 1.44 bits per heavy atom. The van der Waals surface area contributed by atoms with Gasteiger partial charge < -0.3 is 14.7 Å². The summed E-state index contributed by atoms with van der Waals surface area (Å²) >= 11 is 0. The second-order valence-electron chi connectivity index (χ2n) is 4.79. The zero-order chi connectivity index (χ0) is 13.0. The summed E-state index contributed by atoms with van der Waals surface area (Å²) in [5.41, 5.74) is 2.17. The Kier molecular flexibility index (Phi) is 4.55. The zero-order valence-electron chi connectivity index (χ0n) is 11.2. The fraction of sp³-hybridized carbons (Fsp3) is 0.643.